The summed E-state index contributed by atoms with van der Waals surface area (Å²) < 4.78 is 0. The van der Waals surface area contributed by atoms with Gasteiger partial charge in [-0.2, -0.15) is 0 Å². The molecule has 0 fully saturated rings. The highest BCUT2D eigenvalue weighted by Crippen LogP contribution is 2.28. The second-order valence-electron chi connectivity index (χ2n) is 5.25. The fourth-order valence-electron chi connectivity index (χ4n) is 2.19. The van der Waals surface area contributed by atoms with Gasteiger partial charge in [0.15, 0.2) is 0 Å². The van der Waals surface area contributed by atoms with Gasteiger partial charge in [-0.05, 0) is 37.8 Å². The quantitative estimate of drug-likeness (QED) is 0.508. The molecular weight excluding hydrogens is 312 g/mol. The Labute approximate surface area is 139 Å². The number of thioether (sulfide) groups is 1. The number of carbonyl (C=O) groups is 1. The fraction of sp³-hybridized carbons (Fsp3) is 0.235. The third kappa shape index (κ3) is 4.10. The largest absolute Gasteiger partial charge is 0.346 e. The molecule has 1 atom stereocenters. The van der Waals surface area contributed by atoms with Gasteiger partial charge in [0.05, 0.1) is 15.9 Å². The standard InChI is InChI=1S/C17H18N2O3S/c1-11-4-6-13(7-5-11)12(2)18-17(20)14-8-9-16(23-3)15(10-14)19(21)22/h4-10,12H,1-3H3,(H,18,20). The molecule has 0 aliphatic rings. The number of nitrogens with zero attached hydrogens (tertiary/aromatic N) is 1. The van der Waals surface area contributed by atoms with Gasteiger partial charge in [-0.3, -0.25) is 14.9 Å². The molecule has 0 bridgehead atoms. The Morgan fingerprint density at radius 3 is 2.43 bits per heavy atom. The number of carbonyl (C=O) groups excluding carboxylic acids is 1. The average molecular weight is 330 g/mol. The summed E-state index contributed by atoms with van der Waals surface area (Å²) in [6, 6.07) is 12.2. The molecule has 0 aliphatic heterocycles. The first-order chi connectivity index (χ1) is 10.9. The number of aryl methyl sites for hydroxylation is 1. The molecule has 0 saturated heterocycles. The van der Waals surface area contributed by atoms with E-state index >= 15 is 0 Å². The zero-order valence-electron chi connectivity index (χ0n) is 13.2. The van der Waals surface area contributed by atoms with E-state index in [1.54, 1.807) is 18.4 Å². The van der Waals surface area contributed by atoms with Crippen molar-refractivity contribution in [2.75, 3.05) is 6.26 Å². The minimum absolute atomic E-state index is 0.0480. The molecule has 2 aromatic rings. The van der Waals surface area contributed by atoms with Crippen LogP contribution < -0.4 is 5.32 Å². The lowest BCUT2D eigenvalue weighted by Crippen LogP contribution is -2.26. The first kappa shape index (κ1) is 17.0. The van der Waals surface area contributed by atoms with E-state index in [2.05, 4.69) is 5.32 Å². The number of hydrogen-bond donors (Lipinski definition) is 1. The summed E-state index contributed by atoms with van der Waals surface area (Å²) in [6.45, 7) is 3.88. The van der Waals surface area contributed by atoms with E-state index < -0.39 is 4.92 Å². The third-order valence-electron chi connectivity index (χ3n) is 3.56. The summed E-state index contributed by atoms with van der Waals surface area (Å²) in [4.78, 5) is 23.5. The molecule has 6 heteroatoms. The van der Waals surface area contributed by atoms with Crippen LogP contribution in [0.1, 0.15) is 34.5 Å². The topological polar surface area (TPSA) is 72.2 Å². The van der Waals surface area contributed by atoms with Crippen molar-refractivity contribution in [1.29, 1.82) is 0 Å². The van der Waals surface area contributed by atoms with E-state index in [1.165, 1.54) is 17.8 Å². The highest BCUT2D eigenvalue weighted by Gasteiger charge is 2.18. The minimum Gasteiger partial charge on any atom is -0.346 e. The van der Waals surface area contributed by atoms with Gasteiger partial charge in [-0.15, -0.1) is 11.8 Å². The zero-order chi connectivity index (χ0) is 17.0. The number of amides is 1. The maximum absolute atomic E-state index is 12.3. The fourth-order valence-corrected chi connectivity index (χ4v) is 2.74. The highest BCUT2D eigenvalue weighted by atomic mass is 32.2. The van der Waals surface area contributed by atoms with Crippen molar-refractivity contribution < 1.29 is 9.72 Å². The van der Waals surface area contributed by atoms with E-state index in [9.17, 15) is 14.9 Å². The summed E-state index contributed by atoms with van der Waals surface area (Å²) in [7, 11) is 0. The number of nitro groups is 1. The molecule has 0 saturated carbocycles. The van der Waals surface area contributed by atoms with Crippen molar-refractivity contribution >= 4 is 23.4 Å². The maximum atomic E-state index is 12.3. The minimum atomic E-state index is -0.466. The molecule has 23 heavy (non-hydrogen) atoms. The molecule has 1 unspecified atom stereocenters. The van der Waals surface area contributed by atoms with Crippen molar-refractivity contribution in [3.63, 3.8) is 0 Å². The Morgan fingerprint density at radius 2 is 1.87 bits per heavy atom. The SMILES string of the molecule is CSc1ccc(C(=O)NC(C)c2ccc(C)cc2)cc1[N+](=O)[O-]. The first-order valence-corrected chi connectivity index (χ1v) is 8.34. The maximum Gasteiger partial charge on any atom is 0.283 e. The molecular formula is C17H18N2O3S. The zero-order valence-corrected chi connectivity index (χ0v) is 14.0. The Bertz CT molecular complexity index is 729. The molecule has 0 aliphatic carbocycles. The van der Waals surface area contributed by atoms with Crippen LogP contribution in [0.25, 0.3) is 0 Å². The number of rotatable bonds is 5. The smallest absolute Gasteiger partial charge is 0.283 e. The van der Waals surface area contributed by atoms with Crippen LogP contribution in [0.5, 0.6) is 0 Å². The van der Waals surface area contributed by atoms with Crippen LogP contribution >= 0.6 is 11.8 Å². The lowest BCUT2D eigenvalue weighted by atomic mass is 10.1. The van der Waals surface area contributed by atoms with Gasteiger partial charge in [0.1, 0.15) is 0 Å². The third-order valence-corrected chi connectivity index (χ3v) is 4.35. The van der Waals surface area contributed by atoms with Crippen molar-refractivity contribution in [3.8, 4) is 0 Å². The van der Waals surface area contributed by atoms with Crippen LogP contribution in [-0.4, -0.2) is 17.1 Å². The van der Waals surface area contributed by atoms with Gasteiger partial charge in [0.25, 0.3) is 11.6 Å². The number of nitrogens with one attached hydrogen (secondary N) is 1. The summed E-state index contributed by atoms with van der Waals surface area (Å²) in [5.41, 5.74) is 2.37. The molecule has 0 heterocycles. The van der Waals surface area contributed by atoms with Gasteiger partial charge in [0.2, 0.25) is 0 Å². The number of benzene rings is 2. The molecule has 0 radical (unpaired) electrons. The van der Waals surface area contributed by atoms with Crippen LogP contribution in [-0.2, 0) is 0 Å². The van der Waals surface area contributed by atoms with Crippen molar-refractivity contribution in [2.24, 2.45) is 0 Å². The Morgan fingerprint density at radius 1 is 1.22 bits per heavy atom. The van der Waals surface area contributed by atoms with E-state index in [0.717, 1.165) is 11.1 Å². The Kier molecular flexibility index (Phi) is 5.39. The molecule has 1 amide bonds. The second kappa shape index (κ2) is 7.28. The van der Waals surface area contributed by atoms with Gasteiger partial charge < -0.3 is 5.32 Å². The molecule has 5 nitrogen and oxygen atoms in total. The summed E-state index contributed by atoms with van der Waals surface area (Å²) in [5, 5.41) is 14.0. The Hall–Kier alpha value is -2.34. The van der Waals surface area contributed by atoms with Crippen molar-refractivity contribution in [2.45, 2.75) is 24.8 Å². The van der Waals surface area contributed by atoms with Crippen LogP contribution in [0.2, 0.25) is 0 Å². The van der Waals surface area contributed by atoms with Crippen molar-refractivity contribution in [1.82, 2.24) is 5.32 Å². The van der Waals surface area contributed by atoms with Gasteiger partial charge in [0, 0.05) is 11.6 Å². The summed E-state index contributed by atoms with van der Waals surface area (Å²) in [6.07, 6.45) is 1.77. The predicted molar refractivity (Wildman–Crippen MR) is 91.9 cm³/mol. The highest BCUT2D eigenvalue weighted by molar-refractivity contribution is 7.98. The molecule has 0 aromatic heterocycles. The average Bonchev–Trinajstić information content (AvgIpc) is 2.54. The summed E-state index contributed by atoms with van der Waals surface area (Å²) in [5.74, 6) is -0.325. The van der Waals surface area contributed by atoms with Crippen LogP contribution in [0.4, 0.5) is 5.69 Å². The Balaban J connectivity index is 2.18. The summed E-state index contributed by atoms with van der Waals surface area (Å²) >= 11 is 1.28. The first-order valence-electron chi connectivity index (χ1n) is 7.12. The number of hydrogen-bond acceptors (Lipinski definition) is 4. The van der Waals surface area contributed by atoms with E-state index in [0.29, 0.717) is 4.90 Å². The van der Waals surface area contributed by atoms with Crippen LogP contribution in [0, 0.1) is 17.0 Å². The van der Waals surface area contributed by atoms with Crippen LogP contribution in [0.15, 0.2) is 47.4 Å². The monoisotopic (exact) mass is 330 g/mol. The van der Waals surface area contributed by atoms with Crippen LogP contribution in [0.3, 0.4) is 0 Å². The van der Waals surface area contributed by atoms with Gasteiger partial charge >= 0.3 is 0 Å². The van der Waals surface area contributed by atoms with E-state index in [-0.39, 0.29) is 23.2 Å². The van der Waals surface area contributed by atoms with E-state index in [1.807, 2.05) is 38.1 Å². The van der Waals surface area contributed by atoms with Gasteiger partial charge in [-0.25, -0.2) is 0 Å². The molecule has 2 aromatic carbocycles. The normalized spacial score (nSPS) is 11.8. The molecule has 0 spiro atoms. The molecule has 1 N–H and O–H groups in total. The predicted octanol–water partition coefficient (Wildman–Crippen LogP) is 4.12. The lowest BCUT2D eigenvalue weighted by molar-refractivity contribution is -0.387. The number of nitro benzene ring substituents is 1. The van der Waals surface area contributed by atoms with Gasteiger partial charge in [-0.1, -0.05) is 29.8 Å². The van der Waals surface area contributed by atoms with Crippen molar-refractivity contribution in [3.05, 3.63) is 69.3 Å². The second-order valence-corrected chi connectivity index (χ2v) is 6.10. The van der Waals surface area contributed by atoms with E-state index in [4.69, 9.17) is 0 Å². The molecule has 120 valence electrons. The lowest BCUT2D eigenvalue weighted by Gasteiger charge is -2.15. The molecule has 2 rings (SSSR count).